The van der Waals surface area contributed by atoms with Crippen molar-refractivity contribution in [1.82, 2.24) is 9.55 Å². The molecule has 80 valence electrons. The van der Waals surface area contributed by atoms with Gasteiger partial charge in [0.05, 0.1) is 11.0 Å². The lowest BCUT2D eigenvalue weighted by Crippen LogP contribution is -1.99. The van der Waals surface area contributed by atoms with Crippen LogP contribution in [0.1, 0.15) is 17.8 Å². The van der Waals surface area contributed by atoms with Gasteiger partial charge in [0.25, 0.3) is 6.43 Å². The van der Waals surface area contributed by atoms with Crippen LogP contribution in [0.3, 0.4) is 0 Å². The molecule has 0 bridgehead atoms. The highest BCUT2D eigenvalue weighted by molar-refractivity contribution is 5.76. The zero-order chi connectivity index (χ0) is 11.0. The fourth-order valence-electron chi connectivity index (χ4n) is 1.58. The van der Waals surface area contributed by atoms with Gasteiger partial charge in [0.15, 0.2) is 5.82 Å². The van der Waals surface area contributed by atoms with Crippen molar-refractivity contribution in [2.24, 2.45) is 12.8 Å². The van der Waals surface area contributed by atoms with Crippen molar-refractivity contribution in [2.45, 2.75) is 13.0 Å². The summed E-state index contributed by atoms with van der Waals surface area (Å²) in [5, 5.41) is 0. The van der Waals surface area contributed by atoms with E-state index in [1.54, 1.807) is 25.2 Å². The minimum Gasteiger partial charge on any atom is -0.326 e. The molecule has 0 aliphatic rings. The monoisotopic (exact) mass is 211 g/mol. The summed E-state index contributed by atoms with van der Waals surface area (Å²) < 4.78 is 26.5. The molecule has 0 amide bonds. The summed E-state index contributed by atoms with van der Waals surface area (Å²) in [6.07, 6.45) is -2.55. The van der Waals surface area contributed by atoms with Crippen LogP contribution in [0.25, 0.3) is 11.0 Å². The quantitative estimate of drug-likeness (QED) is 0.825. The Morgan fingerprint density at radius 2 is 2.20 bits per heavy atom. The van der Waals surface area contributed by atoms with Gasteiger partial charge < -0.3 is 10.3 Å². The molecule has 0 spiro atoms. The first kappa shape index (κ1) is 10.0. The normalized spacial score (nSPS) is 11.5. The van der Waals surface area contributed by atoms with E-state index >= 15 is 0 Å². The van der Waals surface area contributed by atoms with Gasteiger partial charge in [-0.25, -0.2) is 13.8 Å². The van der Waals surface area contributed by atoms with E-state index in [-0.39, 0.29) is 5.82 Å². The number of hydrogen-bond donors (Lipinski definition) is 1. The maximum Gasteiger partial charge on any atom is 0.295 e. The zero-order valence-corrected chi connectivity index (χ0v) is 8.24. The summed E-state index contributed by atoms with van der Waals surface area (Å²) in [7, 11) is 1.58. The van der Waals surface area contributed by atoms with Gasteiger partial charge in [0.1, 0.15) is 0 Å². The predicted molar refractivity (Wildman–Crippen MR) is 53.6 cm³/mol. The summed E-state index contributed by atoms with van der Waals surface area (Å²) in [6, 6.07) is 5.29. The number of aryl methyl sites for hydroxylation is 1. The molecular formula is C10H11F2N3. The van der Waals surface area contributed by atoms with E-state index in [9.17, 15) is 8.78 Å². The van der Waals surface area contributed by atoms with Gasteiger partial charge in [-0.05, 0) is 17.7 Å². The lowest BCUT2D eigenvalue weighted by atomic mass is 10.2. The third kappa shape index (κ3) is 1.59. The van der Waals surface area contributed by atoms with Crippen molar-refractivity contribution in [2.75, 3.05) is 0 Å². The van der Waals surface area contributed by atoms with Crippen molar-refractivity contribution in [3.8, 4) is 0 Å². The van der Waals surface area contributed by atoms with E-state index in [1.807, 2.05) is 0 Å². The summed E-state index contributed by atoms with van der Waals surface area (Å²) in [5.74, 6) is -0.209. The van der Waals surface area contributed by atoms with Gasteiger partial charge in [0.2, 0.25) is 0 Å². The molecule has 0 radical (unpaired) electrons. The number of imidazole rings is 1. The SMILES string of the molecule is Cn1c(C(F)F)nc2ccc(CN)cc21. The van der Waals surface area contributed by atoms with Gasteiger partial charge in [-0.15, -0.1) is 0 Å². The highest BCUT2D eigenvalue weighted by Gasteiger charge is 2.16. The zero-order valence-electron chi connectivity index (χ0n) is 8.24. The third-order valence-corrected chi connectivity index (χ3v) is 2.41. The van der Waals surface area contributed by atoms with Gasteiger partial charge in [-0.3, -0.25) is 0 Å². The second kappa shape index (κ2) is 3.58. The van der Waals surface area contributed by atoms with Crippen molar-refractivity contribution in [3.05, 3.63) is 29.6 Å². The molecular weight excluding hydrogens is 200 g/mol. The molecule has 0 saturated heterocycles. The van der Waals surface area contributed by atoms with Crippen molar-refractivity contribution in [1.29, 1.82) is 0 Å². The Morgan fingerprint density at radius 3 is 2.80 bits per heavy atom. The lowest BCUT2D eigenvalue weighted by molar-refractivity contribution is 0.137. The smallest absolute Gasteiger partial charge is 0.295 e. The second-order valence-electron chi connectivity index (χ2n) is 3.36. The topological polar surface area (TPSA) is 43.8 Å². The maximum atomic E-state index is 12.5. The lowest BCUT2D eigenvalue weighted by Gasteiger charge is -2.01. The molecule has 2 aromatic rings. The predicted octanol–water partition coefficient (Wildman–Crippen LogP) is 1.97. The van der Waals surface area contributed by atoms with Crippen LogP contribution >= 0.6 is 0 Å². The molecule has 1 heterocycles. The van der Waals surface area contributed by atoms with Crippen molar-refractivity contribution >= 4 is 11.0 Å². The molecule has 0 unspecified atom stereocenters. The van der Waals surface area contributed by atoms with Crippen LogP contribution in [0.2, 0.25) is 0 Å². The Labute approximate surface area is 85.5 Å². The van der Waals surface area contributed by atoms with Crippen LogP contribution < -0.4 is 5.73 Å². The van der Waals surface area contributed by atoms with Crippen LogP contribution in [-0.4, -0.2) is 9.55 Å². The van der Waals surface area contributed by atoms with Gasteiger partial charge in [-0.1, -0.05) is 6.07 Å². The van der Waals surface area contributed by atoms with Crippen LogP contribution in [-0.2, 0) is 13.6 Å². The fourth-order valence-corrected chi connectivity index (χ4v) is 1.58. The Bertz CT molecular complexity index is 491. The molecule has 0 aliphatic carbocycles. The molecule has 5 heteroatoms. The molecule has 1 aromatic carbocycles. The molecule has 1 aromatic heterocycles. The number of alkyl halides is 2. The Balaban J connectivity index is 2.66. The highest BCUT2D eigenvalue weighted by atomic mass is 19.3. The number of halogens is 2. The number of hydrogen-bond acceptors (Lipinski definition) is 2. The molecule has 2 N–H and O–H groups in total. The standard InChI is InChI=1S/C10H11F2N3/c1-15-8-4-6(5-13)2-3-7(8)14-10(15)9(11)12/h2-4,9H,5,13H2,1H3. The number of nitrogens with two attached hydrogens (primary N) is 1. The first-order valence-corrected chi connectivity index (χ1v) is 4.57. The van der Waals surface area contributed by atoms with Gasteiger partial charge >= 0.3 is 0 Å². The van der Waals surface area contributed by atoms with E-state index in [4.69, 9.17) is 5.73 Å². The fraction of sp³-hybridized carbons (Fsp3) is 0.300. The third-order valence-electron chi connectivity index (χ3n) is 2.41. The minimum absolute atomic E-state index is 0.209. The number of benzene rings is 1. The van der Waals surface area contributed by atoms with Crippen molar-refractivity contribution < 1.29 is 8.78 Å². The first-order chi connectivity index (χ1) is 7.13. The second-order valence-corrected chi connectivity index (χ2v) is 3.36. The van der Waals surface area contributed by atoms with Crippen LogP contribution in [0.4, 0.5) is 8.78 Å². The molecule has 2 rings (SSSR count). The van der Waals surface area contributed by atoms with E-state index in [2.05, 4.69) is 4.98 Å². The van der Waals surface area contributed by atoms with E-state index in [0.29, 0.717) is 17.6 Å². The van der Waals surface area contributed by atoms with Gasteiger partial charge in [-0.2, -0.15) is 0 Å². The molecule has 3 nitrogen and oxygen atoms in total. The van der Waals surface area contributed by atoms with E-state index < -0.39 is 6.43 Å². The van der Waals surface area contributed by atoms with Crippen LogP contribution in [0.15, 0.2) is 18.2 Å². The maximum absolute atomic E-state index is 12.5. The average molecular weight is 211 g/mol. The number of fused-ring (bicyclic) bond motifs is 1. The summed E-state index contributed by atoms with van der Waals surface area (Å²) >= 11 is 0. The van der Waals surface area contributed by atoms with E-state index in [1.165, 1.54) is 4.57 Å². The largest absolute Gasteiger partial charge is 0.326 e. The van der Waals surface area contributed by atoms with Crippen molar-refractivity contribution in [3.63, 3.8) is 0 Å². The average Bonchev–Trinajstić information content (AvgIpc) is 2.56. The van der Waals surface area contributed by atoms with E-state index in [0.717, 1.165) is 5.56 Å². The molecule has 15 heavy (non-hydrogen) atoms. The summed E-state index contributed by atoms with van der Waals surface area (Å²) in [5.41, 5.74) is 7.65. The number of nitrogens with zero attached hydrogens (tertiary/aromatic N) is 2. The van der Waals surface area contributed by atoms with Gasteiger partial charge in [0, 0.05) is 13.6 Å². The molecule has 0 aliphatic heterocycles. The number of aromatic nitrogens is 2. The molecule has 0 saturated carbocycles. The highest BCUT2D eigenvalue weighted by Crippen LogP contribution is 2.23. The Kier molecular flexibility index (Phi) is 2.40. The Hall–Kier alpha value is -1.49. The Morgan fingerprint density at radius 1 is 1.47 bits per heavy atom. The minimum atomic E-state index is -2.55. The van der Waals surface area contributed by atoms with Crippen LogP contribution in [0, 0.1) is 0 Å². The summed E-state index contributed by atoms with van der Waals surface area (Å²) in [6.45, 7) is 0.394. The first-order valence-electron chi connectivity index (χ1n) is 4.57. The molecule has 0 fully saturated rings. The number of rotatable bonds is 2. The van der Waals surface area contributed by atoms with Crippen LogP contribution in [0.5, 0.6) is 0 Å². The summed E-state index contributed by atoms with van der Waals surface area (Å²) in [4.78, 5) is 3.86. The molecule has 0 atom stereocenters.